The number of nitrogens with one attached hydrogen (secondary N) is 1. The zero-order valence-corrected chi connectivity index (χ0v) is 11.9. The minimum absolute atomic E-state index is 0. The van der Waals surface area contributed by atoms with Gasteiger partial charge < -0.3 is 15.8 Å². The number of carbonyl (C=O) groups excluding carboxylic acids is 1. The zero-order chi connectivity index (χ0) is 12.8. The number of carbonyl (C=O) groups is 1. The van der Waals surface area contributed by atoms with E-state index in [2.05, 4.69) is 5.32 Å². The highest BCUT2D eigenvalue weighted by atomic mass is 35.5. The number of halogens is 2. The summed E-state index contributed by atoms with van der Waals surface area (Å²) in [6, 6.07) is 6.53. The Morgan fingerprint density at radius 2 is 2.11 bits per heavy atom. The largest absolute Gasteiger partial charge is 0.383 e. The average Bonchev–Trinajstić information content (AvgIpc) is 2.29. The van der Waals surface area contributed by atoms with Crippen LogP contribution in [0, 0.1) is 0 Å². The molecular weight excluding hydrogens is 275 g/mol. The molecular formula is C12H18Cl2N2O2. The molecule has 0 aromatic heterocycles. The normalized spacial score (nSPS) is 13.3. The highest BCUT2D eigenvalue weighted by Gasteiger charge is 2.17. The molecule has 1 amide bonds. The third-order valence-corrected chi connectivity index (χ3v) is 2.76. The van der Waals surface area contributed by atoms with Crippen molar-refractivity contribution >= 4 is 29.9 Å². The van der Waals surface area contributed by atoms with E-state index in [1.54, 1.807) is 6.07 Å². The van der Waals surface area contributed by atoms with E-state index in [1.807, 2.05) is 25.1 Å². The van der Waals surface area contributed by atoms with E-state index in [4.69, 9.17) is 22.1 Å². The first-order valence-corrected chi connectivity index (χ1v) is 5.73. The van der Waals surface area contributed by atoms with E-state index in [0.29, 0.717) is 5.02 Å². The minimum atomic E-state index is -0.662. The lowest BCUT2D eigenvalue weighted by molar-refractivity contribution is -0.124. The van der Waals surface area contributed by atoms with Crippen LogP contribution in [0.1, 0.15) is 18.5 Å². The molecule has 0 saturated carbocycles. The van der Waals surface area contributed by atoms with Crippen LogP contribution >= 0.6 is 24.0 Å². The van der Waals surface area contributed by atoms with Gasteiger partial charge in [-0.05, 0) is 18.6 Å². The number of ether oxygens (including phenoxy) is 1. The number of benzene rings is 1. The average molecular weight is 293 g/mol. The zero-order valence-electron chi connectivity index (χ0n) is 10.4. The third-order valence-electron chi connectivity index (χ3n) is 2.41. The molecule has 0 bridgehead atoms. The Hall–Kier alpha value is -0.810. The molecule has 102 valence electrons. The Bertz CT molecular complexity index is 388. The summed E-state index contributed by atoms with van der Waals surface area (Å²) in [6.45, 7) is 2.06. The molecule has 18 heavy (non-hydrogen) atoms. The number of amides is 1. The molecule has 0 spiro atoms. The van der Waals surface area contributed by atoms with Gasteiger partial charge in [-0.2, -0.15) is 0 Å². The van der Waals surface area contributed by atoms with Gasteiger partial charge in [-0.25, -0.2) is 0 Å². The second kappa shape index (κ2) is 8.32. The lowest BCUT2D eigenvalue weighted by Gasteiger charge is -2.18. The maximum atomic E-state index is 11.7. The van der Waals surface area contributed by atoms with Crippen LogP contribution in [-0.4, -0.2) is 25.7 Å². The van der Waals surface area contributed by atoms with Gasteiger partial charge in [0.25, 0.3) is 0 Å². The molecule has 1 aromatic rings. The van der Waals surface area contributed by atoms with Gasteiger partial charge in [0.05, 0.1) is 12.6 Å². The molecule has 0 radical (unpaired) electrons. The summed E-state index contributed by atoms with van der Waals surface area (Å²) >= 11 is 6.04. The summed E-state index contributed by atoms with van der Waals surface area (Å²) in [5, 5.41) is 3.42. The highest BCUT2D eigenvalue weighted by molar-refractivity contribution is 6.31. The predicted octanol–water partition coefficient (Wildman–Crippen LogP) is 1.91. The molecule has 1 aromatic carbocycles. The van der Waals surface area contributed by atoms with E-state index in [9.17, 15) is 4.79 Å². The second-order valence-corrected chi connectivity index (χ2v) is 4.22. The first kappa shape index (κ1) is 17.2. The van der Waals surface area contributed by atoms with Crippen molar-refractivity contribution in [2.75, 3.05) is 13.7 Å². The molecule has 0 aliphatic rings. The Morgan fingerprint density at radius 3 is 2.67 bits per heavy atom. The van der Waals surface area contributed by atoms with Crippen LogP contribution in [0.2, 0.25) is 5.02 Å². The summed E-state index contributed by atoms with van der Waals surface area (Å²) in [4.78, 5) is 11.7. The molecule has 1 rings (SSSR count). The molecule has 0 fully saturated rings. The van der Waals surface area contributed by atoms with Crippen LogP contribution in [0.3, 0.4) is 0 Å². The van der Waals surface area contributed by atoms with Crippen LogP contribution in [0.15, 0.2) is 24.3 Å². The predicted molar refractivity (Wildman–Crippen MR) is 75.1 cm³/mol. The topological polar surface area (TPSA) is 64.3 Å². The number of hydrogen-bond acceptors (Lipinski definition) is 3. The molecule has 0 aliphatic carbocycles. The van der Waals surface area contributed by atoms with Crippen LogP contribution in [-0.2, 0) is 9.53 Å². The van der Waals surface area contributed by atoms with Gasteiger partial charge in [-0.1, -0.05) is 29.8 Å². The van der Waals surface area contributed by atoms with E-state index in [1.165, 1.54) is 7.11 Å². The van der Waals surface area contributed by atoms with Crippen molar-refractivity contribution in [1.29, 1.82) is 0 Å². The Morgan fingerprint density at radius 1 is 1.50 bits per heavy atom. The van der Waals surface area contributed by atoms with Gasteiger partial charge in [-0.3, -0.25) is 4.79 Å². The quantitative estimate of drug-likeness (QED) is 0.871. The first-order valence-electron chi connectivity index (χ1n) is 5.35. The Balaban J connectivity index is 0.00000289. The minimum Gasteiger partial charge on any atom is -0.383 e. The number of hydrogen-bond donors (Lipinski definition) is 2. The molecule has 0 heterocycles. The molecule has 4 nitrogen and oxygen atoms in total. The molecule has 3 N–H and O–H groups in total. The Kier molecular flexibility index (Phi) is 7.95. The summed E-state index contributed by atoms with van der Waals surface area (Å²) < 4.78 is 4.82. The lowest BCUT2D eigenvalue weighted by Crippen LogP contribution is -2.44. The summed E-state index contributed by atoms with van der Waals surface area (Å²) in [6.07, 6.45) is 0. The summed E-state index contributed by atoms with van der Waals surface area (Å²) in [5.41, 5.74) is 6.49. The lowest BCUT2D eigenvalue weighted by atomic mass is 10.1. The van der Waals surface area contributed by atoms with E-state index < -0.39 is 6.04 Å². The fourth-order valence-electron chi connectivity index (χ4n) is 1.48. The summed E-state index contributed by atoms with van der Waals surface area (Å²) in [7, 11) is 1.50. The van der Waals surface area contributed by atoms with Gasteiger partial charge in [0.15, 0.2) is 0 Å². The van der Waals surface area contributed by atoms with Crippen LogP contribution < -0.4 is 11.1 Å². The second-order valence-electron chi connectivity index (χ2n) is 3.81. The highest BCUT2D eigenvalue weighted by Crippen LogP contribution is 2.21. The van der Waals surface area contributed by atoms with Gasteiger partial charge >= 0.3 is 0 Å². The Labute approximate surface area is 118 Å². The van der Waals surface area contributed by atoms with Crippen molar-refractivity contribution in [2.24, 2.45) is 5.73 Å². The van der Waals surface area contributed by atoms with E-state index in [0.717, 1.165) is 5.56 Å². The third kappa shape index (κ3) is 4.82. The van der Waals surface area contributed by atoms with Crippen molar-refractivity contribution in [2.45, 2.75) is 19.0 Å². The van der Waals surface area contributed by atoms with Crippen molar-refractivity contribution in [1.82, 2.24) is 5.32 Å². The van der Waals surface area contributed by atoms with Crippen LogP contribution in [0.5, 0.6) is 0 Å². The van der Waals surface area contributed by atoms with Crippen LogP contribution in [0.25, 0.3) is 0 Å². The van der Waals surface area contributed by atoms with Crippen molar-refractivity contribution in [3.05, 3.63) is 34.9 Å². The smallest absolute Gasteiger partial charge is 0.239 e. The van der Waals surface area contributed by atoms with Gasteiger partial charge in [0.1, 0.15) is 6.04 Å². The molecule has 6 heteroatoms. The molecule has 2 unspecified atom stereocenters. The van der Waals surface area contributed by atoms with Gasteiger partial charge in [0, 0.05) is 12.1 Å². The van der Waals surface area contributed by atoms with Gasteiger partial charge in [-0.15, -0.1) is 12.4 Å². The summed E-state index contributed by atoms with van der Waals surface area (Å²) in [5.74, 6) is -0.251. The monoisotopic (exact) mass is 292 g/mol. The molecule has 0 saturated heterocycles. The maximum absolute atomic E-state index is 11.7. The first-order chi connectivity index (χ1) is 8.06. The van der Waals surface area contributed by atoms with Gasteiger partial charge in [0.2, 0.25) is 5.91 Å². The van der Waals surface area contributed by atoms with Crippen molar-refractivity contribution in [3.63, 3.8) is 0 Å². The number of rotatable bonds is 5. The van der Waals surface area contributed by atoms with E-state index >= 15 is 0 Å². The van der Waals surface area contributed by atoms with Crippen molar-refractivity contribution in [3.8, 4) is 0 Å². The van der Waals surface area contributed by atoms with E-state index in [-0.39, 0.29) is 31.0 Å². The molecule has 2 atom stereocenters. The SMILES string of the molecule is COCC(N)C(=O)NC(C)c1ccccc1Cl.Cl. The molecule has 0 aliphatic heterocycles. The number of methoxy groups -OCH3 is 1. The van der Waals surface area contributed by atoms with Crippen molar-refractivity contribution < 1.29 is 9.53 Å². The number of nitrogens with two attached hydrogens (primary N) is 1. The fraction of sp³-hybridized carbons (Fsp3) is 0.417. The van der Waals surface area contributed by atoms with Crippen LogP contribution in [0.4, 0.5) is 0 Å². The fourth-order valence-corrected chi connectivity index (χ4v) is 1.78. The maximum Gasteiger partial charge on any atom is 0.239 e. The standard InChI is InChI=1S/C12H17ClN2O2.ClH/c1-8(9-5-3-4-6-10(9)13)15-12(16)11(14)7-17-2;/h3-6,8,11H,7,14H2,1-2H3,(H,15,16);1H.